The lowest BCUT2D eigenvalue weighted by molar-refractivity contribution is 0.332. The van der Waals surface area contributed by atoms with Gasteiger partial charge in [-0.05, 0) is 195 Å². The van der Waals surface area contributed by atoms with Crippen molar-refractivity contribution in [3.05, 3.63) is 203 Å². The number of rotatable bonds is 4. The molecule has 4 aliphatic heterocycles. The van der Waals surface area contributed by atoms with E-state index in [1.165, 1.54) is 60.9 Å². The smallest absolute Gasteiger partial charge is 0.258 e. The number of para-hydroxylation sites is 4. The van der Waals surface area contributed by atoms with Crippen LogP contribution >= 0.6 is 0 Å². The fraction of sp³-hybridized carbons (Fsp3) is 0.250. The van der Waals surface area contributed by atoms with Crippen LogP contribution in [0.15, 0.2) is 170 Å². The van der Waals surface area contributed by atoms with E-state index in [0.717, 1.165) is 105 Å². The summed E-state index contributed by atoms with van der Waals surface area (Å²) in [5.74, 6) is 3.59. The fourth-order valence-corrected chi connectivity index (χ4v) is 15.5. The quantitative estimate of drug-likeness (QED) is 0.164. The minimum Gasteiger partial charge on any atom is -0.440 e. The van der Waals surface area contributed by atoms with Gasteiger partial charge < -0.3 is 14.5 Å². The molecule has 6 aliphatic rings. The normalized spacial score (nSPS) is 17.7. The summed E-state index contributed by atoms with van der Waals surface area (Å²) in [5.41, 5.74) is 25.2. The van der Waals surface area contributed by atoms with E-state index in [1.807, 2.05) is 0 Å². The van der Waals surface area contributed by atoms with Crippen LogP contribution in [-0.2, 0) is 21.7 Å². The first-order valence-corrected chi connectivity index (χ1v) is 29.4. The van der Waals surface area contributed by atoms with E-state index in [1.54, 1.807) is 0 Å². The second-order valence-electron chi connectivity index (χ2n) is 26.8. The zero-order valence-corrected chi connectivity index (χ0v) is 48.2. The van der Waals surface area contributed by atoms with Crippen LogP contribution in [0.5, 0.6) is 11.6 Å². The van der Waals surface area contributed by atoms with Gasteiger partial charge in [-0.1, -0.05) is 146 Å². The molecule has 0 bridgehead atoms. The number of benzene rings is 7. The lowest BCUT2D eigenvalue weighted by atomic mass is 9.30. The molecule has 0 amide bonds. The Kier molecular flexibility index (Phi) is 10.00. The summed E-state index contributed by atoms with van der Waals surface area (Å²) in [5, 5.41) is 1.22. The number of aromatic nitrogens is 3. The third kappa shape index (κ3) is 6.84. The van der Waals surface area contributed by atoms with Gasteiger partial charge in [0.15, 0.2) is 0 Å². The molecule has 7 aromatic carbocycles. The molecule has 81 heavy (non-hydrogen) atoms. The summed E-state index contributed by atoms with van der Waals surface area (Å²) in [4.78, 5) is 18.7. The molecule has 0 radical (unpaired) electrons. The predicted molar refractivity (Wildman–Crippen MR) is 339 cm³/mol. The van der Waals surface area contributed by atoms with Gasteiger partial charge in [0.05, 0.1) is 5.52 Å². The average Bonchev–Trinajstić information content (AvgIpc) is 2.11. The highest BCUT2D eigenvalue weighted by molar-refractivity contribution is 7.03. The molecule has 0 spiro atoms. The molecular formula is C72H66B2N6O. The van der Waals surface area contributed by atoms with Crippen LogP contribution in [0.1, 0.15) is 115 Å². The zero-order valence-electron chi connectivity index (χ0n) is 48.2. The molecule has 3 aromatic heterocycles. The number of hydrogen-bond donors (Lipinski definition) is 0. The Morgan fingerprint density at radius 3 is 1.56 bits per heavy atom. The topological polar surface area (TPSA) is 49.7 Å². The Morgan fingerprint density at radius 1 is 0.407 bits per heavy atom. The van der Waals surface area contributed by atoms with Gasteiger partial charge >= 0.3 is 0 Å². The van der Waals surface area contributed by atoms with E-state index in [-0.39, 0.29) is 35.1 Å². The van der Waals surface area contributed by atoms with Gasteiger partial charge in [-0.3, -0.25) is 9.47 Å². The minimum atomic E-state index is -0.218. The van der Waals surface area contributed by atoms with E-state index in [0.29, 0.717) is 5.88 Å². The van der Waals surface area contributed by atoms with Gasteiger partial charge in [-0.25, -0.2) is 9.97 Å². The zero-order chi connectivity index (χ0) is 55.2. The minimum absolute atomic E-state index is 0.00232. The second kappa shape index (κ2) is 16.7. The van der Waals surface area contributed by atoms with Crippen molar-refractivity contribution in [2.24, 2.45) is 0 Å². The summed E-state index contributed by atoms with van der Waals surface area (Å²) < 4.78 is 9.47. The highest BCUT2D eigenvalue weighted by Crippen LogP contribution is 2.53. The molecule has 16 rings (SSSR count). The van der Waals surface area contributed by atoms with Crippen LogP contribution < -0.4 is 52.2 Å². The largest absolute Gasteiger partial charge is 0.440 e. The molecule has 10 aromatic rings. The number of hydrogen-bond acceptors (Lipinski definition) is 6. The third-order valence-corrected chi connectivity index (χ3v) is 19.9. The maximum atomic E-state index is 6.98. The van der Waals surface area contributed by atoms with E-state index in [9.17, 15) is 0 Å². The van der Waals surface area contributed by atoms with Crippen molar-refractivity contribution in [2.75, 3.05) is 14.7 Å². The maximum absolute atomic E-state index is 6.98. The summed E-state index contributed by atoms with van der Waals surface area (Å²) in [7, 11) is 0. The summed E-state index contributed by atoms with van der Waals surface area (Å²) >= 11 is 0. The first-order valence-electron chi connectivity index (χ1n) is 29.4. The molecule has 9 heteroatoms. The number of pyridine rings is 2. The van der Waals surface area contributed by atoms with Crippen LogP contribution in [0, 0.1) is 13.8 Å². The standard InChI is InChI=1S/C72H66B2N6O/c1-43-37-60-64-66(75-43)80(46-23-15-12-16-24-46)68-63(49-25-17-19-27-57(49)79(68)45-21-13-11-14-22-45)74(64)56-41-55-58(42-59(56)77(60)47-29-31-50-52(39-47)71(7,8)35-33-69(50,3)4)78(48-30-32-51-53(40-48)72(9,10)36-34-70(51,5)6)61-38-44(2)76-67-65(61)73(55)54-26-18-20-28-62(54)81-67/h11-32,37-42H,33-36H2,1-10H3. The van der Waals surface area contributed by atoms with Crippen LogP contribution in [0.4, 0.5) is 51.4 Å². The van der Waals surface area contributed by atoms with Crippen LogP contribution in [0.2, 0.25) is 0 Å². The highest BCUT2D eigenvalue weighted by Gasteiger charge is 2.51. The van der Waals surface area contributed by atoms with Crippen molar-refractivity contribution in [2.45, 2.75) is 117 Å². The van der Waals surface area contributed by atoms with Gasteiger partial charge in [-0.15, -0.1) is 0 Å². The van der Waals surface area contributed by atoms with Crippen LogP contribution in [0.25, 0.3) is 16.6 Å². The first-order chi connectivity index (χ1) is 39.0. The molecule has 0 unspecified atom stereocenters. The van der Waals surface area contributed by atoms with Crippen molar-refractivity contribution >= 4 is 109 Å². The van der Waals surface area contributed by atoms with Gasteiger partial charge in [-0.2, -0.15) is 0 Å². The Morgan fingerprint density at radius 2 is 0.926 bits per heavy atom. The van der Waals surface area contributed by atoms with Gasteiger partial charge in [0, 0.05) is 62.3 Å². The Labute approximate surface area is 477 Å². The highest BCUT2D eigenvalue weighted by atomic mass is 16.5. The molecule has 0 atom stereocenters. The van der Waals surface area contributed by atoms with Crippen LogP contribution in [0.3, 0.4) is 0 Å². The molecule has 2 aliphatic carbocycles. The summed E-state index contributed by atoms with van der Waals surface area (Å²) in [6.45, 7) is 23.4. The molecule has 396 valence electrons. The lowest BCUT2D eigenvalue weighted by Gasteiger charge is -2.46. The van der Waals surface area contributed by atoms with Gasteiger partial charge in [0.2, 0.25) is 5.88 Å². The molecule has 0 N–H and O–H groups in total. The van der Waals surface area contributed by atoms with E-state index in [2.05, 4.69) is 258 Å². The van der Waals surface area contributed by atoms with Crippen molar-refractivity contribution in [1.82, 2.24) is 14.5 Å². The Bertz CT molecular complexity index is 4350. The SMILES string of the molecule is Cc1cc2c3c(n1)Oc1ccccc1B3c1cc3c(cc1N2c1ccc2c(c1)C(C)(C)CCC2(C)C)N(c1ccc2c(c1)C(C)(C)CCC2(C)C)c1cc(C)nc2c1B3c1c(n(-c3ccccc3)c3ccccc13)N2c1ccccc1. The third-order valence-electron chi connectivity index (χ3n) is 19.9. The molecule has 0 fully saturated rings. The van der Waals surface area contributed by atoms with Crippen LogP contribution in [-0.4, -0.2) is 28.0 Å². The Hall–Kier alpha value is -8.29. The average molecular weight is 1050 g/mol. The van der Waals surface area contributed by atoms with Crippen molar-refractivity contribution < 1.29 is 4.74 Å². The lowest BCUT2D eigenvalue weighted by Crippen LogP contribution is -2.65. The number of anilines is 9. The molecule has 7 nitrogen and oxygen atoms in total. The van der Waals surface area contributed by atoms with Gasteiger partial charge in [0.1, 0.15) is 17.4 Å². The summed E-state index contributed by atoms with van der Waals surface area (Å²) in [6.07, 6.45) is 4.56. The molecule has 0 saturated carbocycles. The summed E-state index contributed by atoms with van der Waals surface area (Å²) in [6, 6.07) is 64.3. The number of nitrogens with zero attached hydrogens (tertiary/aromatic N) is 6. The molecule has 7 heterocycles. The van der Waals surface area contributed by atoms with E-state index in [4.69, 9.17) is 14.7 Å². The predicted octanol–water partition coefficient (Wildman–Crippen LogP) is 14.2. The second-order valence-corrected chi connectivity index (χ2v) is 26.8. The van der Waals surface area contributed by atoms with E-state index < -0.39 is 0 Å². The first kappa shape index (κ1) is 48.6. The van der Waals surface area contributed by atoms with Gasteiger partial charge in [0.25, 0.3) is 13.4 Å². The number of fused-ring (bicyclic) bond motifs is 12. The van der Waals surface area contributed by atoms with Crippen molar-refractivity contribution in [3.63, 3.8) is 0 Å². The fourth-order valence-electron chi connectivity index (χ4n) is 15.5. The monoisotopic (exact) mass is 1050 g/mol. The van der Waals surface area contributed by atoms with Crippen molar-refractivity contribution in [3.8, 4) is 17.3 Å². The molecule has 0 saturated heterocycles. The number of aryl methyl sites for hydroxylation is 2. The number of ether oxygens (including phenoxy) is 1. The Balaban J connectivity index is 1.06. The van der Waals surface area contributed by atoms with Crippen molar-refractivity contribution in [1.29, 1.82) is 0 Å². The maximum Gasteiger partial charge on any atom is 0.258 e. The molecular weight excluding hydrogens is 986 g/mol. The van der Waals surface area contributed by atoms with E-state index >= 15 is 0 Å².